The molecule has 3 N–H and O–H groups in total. The molecule has 0 atom stereocenters. The van der Waals surface area contributed by atoms with Crippen LogP contribution in [-0.2, 0) is 4.79 Å². The zero-order valence-corrected chi connectivity index (χ0v) is 24.4. The Balaban J connectivity index is 1.17. The van der Waals surface area contributed by atoms with Crippen LogP contribution in [0, 0.1) is 5.82 Å². The van der Waals surface area contributed by atoms with Crippen LogP contribution in [0.3, 0.4) is 0 Å². The van der Waals surface area contributed by atoms with Gasteiger partial charge in [-0.3, -0.25) is 4.79 Å². The van der Waals surface area contributed by atoms with Gasteiger partial charge in [0.05, 0.1) is 30.0 Å². The number of nitrogens with zero attached hydrogens (tertiary/aromatic N) is 5. The van der Waals surface area contributed by atoms with Crippen molar-refractivity contribution in [1.82, 2.24) is 25.2 Å². The van der Waals surface area contributed by atoms with Gasteiger partial charge in [-0.2, -0.15) is 0 Å². The van der Waals surface area contributed by atoms with Crippen molar-refractivity contribution in [2.45, 2.75) is 31.8 Å². The number of ether oxygens (including phenoxy) is 2. The van der Waals surface area contributed by atoms with Crippen LogP contribution in [0.1, 0.15) is 19.8 Å². The van der Waals surface area contributed by atoms with E-state index in [1.807, 2.05) is 17.0 Å². The summed E-state index contributed by atoms with van der Waals surface area (Å²) >= 11 is 0. The summed E-state index contributed by atoms with van der Waals surface area (Å²) in [5, 5.41) is 10.4. The highest BCUT2D eigenvalue weighted by molar-refractivity contribution is 5.95. The second-order valence-corrected chi connectivity index (χ2v) is 11.0. The van der Waals surface area contributed by atoms with Gasteiger partial charge in [0, 0.05) is 55.8 Å². The molecule has 4 heterocycles. The van der Waals surface area contributed by atoms with E-state index in [0.29, 0.717) is 47.7 Å². The normalized spacial score (nSPS) is 16.0. The molecule has 0 bridgehead atoms. The monoisotopic (exact) mass is 586 g/mol. The third-order valence-electron chi connectivity index (χ3n) is 7.79. The van der Waals surface area contributed by atoms with Gasteiger partial charge in [0.15, 0.2) is 0 Å². The van der Waals surface area contributed by atoms with E-state index in [-0.39, 0.29) is 17.6 Å². The van der Waals surface area contributed by atoms with Crippen LogP contribution in [0.4, 0.5) is 27.4 Å². The minimum Gasteiger partial charge on any atom is -0.495 e. The number of nitrogens with one attached hydrogen (secondary N) is 3. The lowest BCUT2D eigenvalue weighted by Crippen LogP contribution is -2.59. The maximum Gasteiger partial charge on any atom is 0.217 e. The van der Waals surface area contributed by atoms with Crippen molar-refractivity contribution in [3.63, 3.8) is 0 Å². The number of hydrogen-bond acceptors (Lipinski definition) is 10. The number of hydrogen-bond donors (Lipinski definition) is 3. The quantitative estimate of drug-likeness (QED) is 0.258. The van der Waals surface area contributed by atoms with E-state index in [9.17, 15) is 4.79 Å². The molecule has 43 heavy (non-hydrogen) atoms. The molecule has 224 valence electrons. The van der Waals surface area contributed by atoms with E-state index >= 15 is 4.39 Å². The van der Waals surface area contributed by atoms with Gasteiger partial charge in [0.25, 0.3) is 0 Å². The molecule has 2 saturated heterocycles. The summed E-state index contributed by atoms with van der Waals surface area (Å²) in [4.78, 5) is 28.8. The number of amides is 1. The number of halogens is 1. The van der Waals surface area contributed by atoms with Gasteiger partial charge in [0.2, 0.25) is 5.91 Å². The molecule has 2 fully saturated rings. The first-order chi connectivity index (χ1) is 20.8. The standard InChI is InChI=1S/C31H35FN8O3/c1-19(41)36-21-16-40(17-21)30-13-23(6-9-33-30)43-22-4-5-26(25(32)12-22)38-31-24-14-28(37-20-7-10-39(2)11-8-20)29(42-3)15-27(24)34-18-35-31/h4-6,9,12-15,18,20-21,37H,7-8,10-11,16-17H2,1-3H3,(H,36,41)(H,34,35,38). The van der Waals surface area contributed by atoms with Gasteiger partial charge in [-0.1, -0.05) is 0 Å². The van der Waals surface area contributed by atoms with Crippen molar-refractivity contribution >= 4 is 39.8 Å². The van der Waals surface area contributed by atoms with Crippen molar-refractivity contribution in [2.75, 3.05) is 55.9 Å². The molecule has 0 unspecified atom stereocenters. The first-order valence-electron chi connectivity index (χ1n) is 14.3. The van der Waals surface area contributed by atoms with Crippen LogP contribution < -0.4 is 30.3 Å². The molecule has 0 spiro atoms. The molecule has 0 aliphatic carbocycles. The largest absolute Gasteiger partial charge is 0.495 e. The molecule has 12 heteroatoms. The number of carbonyl (C=O) groups excluding carboxylic acids is 1. The maximum absolute atomic E-state index is 15.3. The summed E-state index contributed by atoms with van der Waals surface area (Å²) in [6, 6.07) is 12.4. The summed E-state index contributed by atoms with van der Waals surface area (Å²) < 4.78 is 26.9. The lowest BCUT2D eigenvalue weighted by atomic mass is 10.0. The number of fused-ring (bicyclic) bond motifs is 1. The fraction of sp³-hybridized carbons (Fsp3) is 0.355. The molecule has 2 aromatic carbocycles. The first kappa shape index (κ1) is 28.4. The number of aromatic nitrogens is 3. The zero-order valence-electron chi connectivity index (χ0n) is 24.4. The Hall–Kier alpha value is -4.71. The van der Waals surface area contributed by atoms with E-state index in [1.165, 1.54) is 19.3 Å². The topological polar surface area (TPSA) is 117 Å². The predicted molar refractivity (Wildman–Crippen MR) is 164 cm³/mol. The Kier molecular flexibility index (Phi) is 8.10. The lowest BCUT2D eigenvalue weighted by molar-refractivity contribution is -0.119. The molecule has 2 aliphatic heterocycles. The average molecular weight is 587 g/mol. The van der Waals surface area contributed by atoms with Crippen LogP contribution in [0.2, 0.25) is 0 Å². The van der Waals surface area contributed by atoms with E-state index in [4.69, 9.17) is 9.47 Å². The van der Waals surface area contributed by atoms with E-state index in [0.717, 1.165) is 42.8 Å². The Bertz CT molecular complexity index is 1620. The second kappa shape index (κ2) is 12.3. The fourth-order valence-corrected chi connectivity index (χ4v) is 5.44. The molecule has 1 amide bonds. The minimum absolute atomic E-state index is 0.0486. The molecule has 0 radical (unpaired) electrons. The number of methoxy groups -OCH3 is 1. The number of benzene rings is 2. The Labute approximate surface area is 249 Å². The SMILES string of the molecule is COc1cc2ncnc(Nc3ccc(Oc4ccnc(N5CC(NC(C)=O)C5)c4)cc3F)c2cc1NC1CCN(C)CC1. The van der Waals surface area contributed by atoms with Gasteiger partial charge in [-0.05, 0) is 57.2 Å². The van der Waals surface area contributed by atoms with Crippen LogP contribution in [0.15, 0.2) is 55.0 Å². The number of anilines is 4. The predicted octanol–water partition coefficient (Wildman–Crippen LogP) is 4.54. The zero-order chi connectivity index (χ0) is 29.9. The Morgan fingerprint density at radius 3 is 2.51 bits per heavy atom. The summed E-state index contributed by atoms with van der Waals surface area (Å²) in [6.07, 6.45) is 5.16. The molecule has 0 saturated carbocycles. The maximum atomic E-state index is 15.3. The summed E-state index contributed by atoms with van der Waals surface area (Å²) in [6.45, 7) is 4.91. The Morgan fingerprint density at radius 2 is 1.77 bits per heavy atom. The van der Waals surface area contributed by atoms with Crippen molar-refractivity contribution in [3.8, 4) is 17.2 Å². The first-order valence-corrected chi connectivity index (χ1v) is 14.3. The third kappa shape index (κ3) is 6.54. The molecule has 6 rings (SSSR count). The van der Waals surface area contributed by atoms with Crippen LogP contribution in [-0.4, -0.2) is 78.2 Å². The Morgan fingerprint density at radius 1 is 0.977 bits per heavy atom. The van der Waals surface area contributed by atoms with Gasteiger partial charge < -0.3 is 35.2 Å². The van der Waals surface area contributed by atoms with Crippen LogP contribution in [0.25, 0.3) is 10.9 Å². The highest BCUT2D eigenvalue weighted by Crippen LogP contribution is 2.35. The number of carbonyl (C=O) groups is 1. The van der Waals surface area contributed by atoms with Crippen LogP contribution in [0.5, 0.6) is 17.2 Å². The van der Waals surface area contributed by atoms with Gasteiger partial charge >= 0.3 is 0 Å². The van der Waals surface area contributed by atoms with E-state index < -0.39 is 5.82 Å². The summed E-state index contributed by atoms with van der Waals surface area (Å²) in [5.74, 6) is 2.26. The highest BCUT2D eigenvalue weighted by Gasteiger charge is 2.28. The number of rotatable bonds is 9. The molecule has 4 aromatic rings. The van der Waals surface area contributed by atoms with Crippen molar-refractivity contribution < 1.29 is 18.7 Å². The second-order valence-electron chi connectivity index (χ2n) is 11.0. The smallest absolute Gasteiger partial charge is 0.217 e. The minimum atomic E-state index is -0.488. The third-order valence-corrected chi connectivity index (χ3v) is 7.79. The summed E-state index contributed by atoms with van der Waals surface area (Å²) in [5.41, 5.74) is 1.79. The molecular weight excluding hydrogens is 551 g/mol. The summed E-state index contributed by atoms with van der Waals surface area (Å²) in [7, 11) is 3.77. The fourth-order valence-electron chi connectivity index (χ4n) is 5.44. The van der Waals surface area contributed by atoms with Gasteiger partial charge in [-0.25, -0.2) is 19.3 Å². The molecular formula is C31H35FN8O3. The van der Waals surface area contributed by atoms with Gasteiger partial charge in [-0.15, -0.1) is 0 Å². The number of piperidine rings is 1. The molecule has 2 aliphatic rings. The number of pyridine rings is 1. The van der Waals surface area contributed by atoms with Crippen molar-refractivity contribution in [2.24, 2.45) is 0 Å². The van der Waals surface area contributed by atoms with Crippen LogP contribution >= 0.6 is 0 Å². The van der Waals surface area contributed by atoms with E-state index in [1.54, 1.807) is 37.6 Å². The van der Waals surface area contributed by atoms with Crippen molar-refractivity contribution in [3.05, 3.63) is 60.8 Å². The number of likely N-dealkylation sites (tertiary alicyclic amines) is 1. The van der Waals surface area contributed by atoms with E-state index in [2.05, 4.69) is 42.8 Å². The highest BCUT2D eigenvalue weighted by atomic mass is 19.1. The molecule has 2 aromatic heterocycles. The lowest BCUT2D eigenvalue weighted by Gasteiger charge is -2.40. The molecule has 11 nitrogen and oxygen atoms in total. The van der Waals surface area contributed by atoms with Gasteiger partial charge in [0.1, 0.15) is 41.0 Å². The average Bonchev–Trinajstić information content (AvgIpc) is 2.97. The van der Waals surface area contributed by atoms with Crippen molar-refractivity contribution in [1.29, 1.82) is 0 Å².